The van der Waals surface area contributed by atoms with Crippen molar-refractivity contribution in [1.29, 1.82) is 0 Å². The summed E-state index contributed by atoms with van der Waals surface area (Å²) in [4.78, 5) is 7.51. The van der Waals surface area contributed by atoms with Gasteiger partial charge in [-0.3, -0.25) is 4.99 Å². The molecule has 2 aliphatic heterocycles. The number of likely N-dealkylation sites (tertiary alicyclic amines) is 1. The zero-order valence-corrected chi connectivity index (χ0v) is 17.9. The fraction of sp³-hybridized carbons (Fsp3) is 0.950. The van der Waals surface area contributed by atoms with Crippen molar-refractivity contribution < 1.29 is 4.74 Å². The minimum Gasteiger partial charge on any atom is -0.377 e. The Bertz CT molecular complexity index is 507. The van der Waals surface area contributed by atoms with Crippen LogP contribution in [0.1, 0.15) is 58.3 Å². The Balaban J connectivity index is 0.00000157. The summed E-state index contributed by atoms with van der Waals surface area (Å²) in [7, 11) is 0. The average molecular weight is 459 g/mol. The summed E-state index contributed by atoms with van der Waals surface area (Å²) in [6.45, 7) is 6.51. The third-order valence-electron chi connectivity index (χ3n) is 7.90. The Kier molecular flexibility index (Phi) is 5.26. The highest BCUT2D eigenvalue weighted by atomic mass is 127. The van der Waals surface area contributed by atoms with Crippen LogP contribution in [-0.2, 0) is 4.74 Å². The smallest absolute Gasteiger partial charge is 0.194 e. The molecule has 25 heavy (non-hydrogen) atoms. The molecule has 0 bridgehead atoms. The van der Waals surface area contributed by atoms with E-state index in [1.54, 1.807) is 0 Å². The first-order chi connectivity index (χ1) is 11.8. The van der Waals surface area contributed by atoms with Crippen molar-refractivity contribution in [1.82, 2.24) is 10.2 Å². The van der Waals surface area contributed by atoms with Crippen molar-refractivity contribution in [3.8, 4) is 0 Å². The molecule has 3 aliphatic carbocycles. The van der Waals surface area contributed by atoms with E-state index in [1.165, 1.54) is 70.4 Å². The monoisotopic (exact) mass is 459 g/mol. The molecule has 1 spiro atoms. The SMILES string of the molecule is CCN=C(NC1C2CCOC2C12CCC2)N1CC2CCCCC2C1.I. The van der Waals surface area contributed by atoms with Crippen molar-refractivity contribution >= 4 is 29.9 Å². The van der Waals surface area contributed by atoms with E-state index >= 15 is 0 Å². The highest BCUT2D eigenvalue weighted by molar-refractivity contribution is 14.0. The van der Waals surface area contributed by atoms with Crippen LogP contribution in [0, 0.1) is 23.2 Å². The second-order valence-electron chi connectivity index (χ2n) is 8.96. The summed E-state index contributed by atoms with van der Waals surface area (Å²) in [6.07, 6.45) is 11.7. The second-order valence-corrected chi connectivity index (χ2v) is 8.96. The van der Waals surface area contributed by atoms with Gasteiger partial charge >= 0.3 is 0 Å². The van der Waals surface area contributed by atoms with Gasteiger partial charge in [-0.15, -0.1) is 24.0 Å². The fourth-order valence-corrected chi connectivity index (χ4v) is 6.56. The summed E-state index contributed by atoms with van der Waals surface area (Å²) < 4.78 is 6.09. The molecule has 5 unspecified atom stereocenters. The summed E-state index contributed by atoms with van der Waals surface area (Å²) in [5, 5.41) is 3.97. The molecule has 0 amide bonds. The van der Waals surface area contributed by atoms with Crippen LogP contribution in [0.4, 0.5) is 0 Å². The lowest BCUT2D eigenvalue weighted by Gasteiger charge is -2.63. The number of rotatable bonds is 2. The van der Waals surface area contributed by atoms with Crippen molar-refractivity contribution in [3.63, 3.8) is 0 Å². The first-order valence-electron chi connectivity index (χ1n) is 10.5. The number of nitrogens with one attached hydrogen (secondary N) is 1. The van der Waals surface area contributed by atoms with Gasteiger partial charge in [-0.1, -0.05) is 19.3 Å². The molecule has 2 heterocycles. The Morgan fingerprint density at radius 2 is 1.84 bits per heavy atom. The van der Waals surface area contributed by atoms with Gasteiger partial charge in [-0.25, -0.2) is 0 Å². The lowest BCUT2D eigenvalue weighted by atomic mass is 9.46. The Labute approximate surface area is 169 Å². The van der Waals surface area contributed by atoms with Gasteiger partial charge in [-0.2, -0.15) is 0 Å². The van der Waals surface area contributed by atoms with Crippen molar-refractivity contribution in [2.45, 2.75) is 70.4 Å². The molecule has 5 atom stereocenters. The number of hydrogen-bond acceptors (Lipinski definition) is 2. The van der Waals surface area contributed by atoms with Crippen LogP contribution in [0.3, 0.4) is 0 Å². The van der Waals surface area contributed by atoms with Gasteiger partial charge in [-0.05, 0) is 50.9 Å². The van der Waals surface area contributed by atoms with Crippen LogP contribution in [0.5, 0.6) is 0 Å². The molecule has 5 aliphatic rings. The van der Waals surface area contributed by atoms with E-state index < -0.39 is 0 Å². The molecule has 0 aromatic carbocycles. The maximum absolute atomic E-state index is 6.09. The molecule has 142 valence electrons. The molecule has 3 saturated carbocycles. The molecule has 5 fully saturated rings. The minimum absolute atomic E-state index is 0. The molecular formula is C20H34IN3O. The summed E-state index contributed by atoms with van der Waals surface area (Å²) >= 11 is 0. The van der Waals surface area contributed by atoms with Crippen LogP contribution in [-0.4, -0.2) is 49.2 Å². The van der Waals surface area contributed by atoms with E-state index in [0.717, 1.165) is 30.9 Å². The number of halogens is 1. The Morgan fingerprint density at radius 3 is 2.44 bits per heavy atom. The molecule has 0 aromatic rings. The first kappa shape index (κ1) is 18.3. The number of aliphatic imine (C=N–C) groups is 1. The summed E-state index contributed by atoms with van der Waals surface area (Å²) in [6, 6.07) is 0.617. The molecular weight excluding hydrogens is 425 g/mol. The number of guanidine groups is 1. The lowest BCUT2D eigenvalue weighted by molar-refractivity contribution is -0.171. The number of nitrogens with zero attached hydrogens (tertiary/aromatic N) is 2. The van der Waals surface area contributed by atoms with Crippen molar-refractivity contribution in [2.75, 3.05) is 26.2 Å². The molecule has 1 N–H and O–H groups in total. The molecule has 0 aromatic heterocycles. The molecule has 0 radical (unpaired) electrons. The van der Waals surface area contributed by atoms with Gasteiger partial charge in [0.1, 0.15) is 0 Å². The quantitative estimate of drug-likeness (QED) is 0.389. The Morgan fingerprint density at radius 1 is 1.12 bits per heavy atom. The average Bonchev–Trinajstić information content (AvgIpc) is 3.15. The Hall–Kier alpha value is -0.0400. The second kappa shape index (κ2) is 7.17. The predicted octanol–water partition coefficient (Wildman–Crippen LogP) is 3.65. The van der Waals surface area contributed by atoms with Crippen molar-refractivity contribution in [3.05, 3.63) is 0 Å². The van der Waals surface area contributed by atoms with E-state index in [1.807, 2.05) is 0 Å². The van der Waals surface area contributed by atoms with Crippen LogP contribution >= 0.6 is 24.0 Å². The van der Waals surface area contributed by atoms with Gasteiger partial charge in [0.25, 0.3) is 0 Å². The third kappa shape index (κ3) is 2.82. The molecule has 5 rings (SSSR count). The maximum Gasteiger partial charge on any atom is 0.194 e. The van der Waals surface area contributed by atoms with Gasteiger partial charge < -0.3 is 15.0 Å². The topological polar surface area (TPSA) is 36.9 Å². The fourth-order valence-electron chi connectivity index (χ4n) is 6.56. The van der Waals surface area contributed by atoms with E-state index in [-0.39, 0.29) is 24.0 Å². The highest BCUT2D eigenvalue weighted by Crippen LogP contribution is 2.62. The van der Waals surface area contributed by atoms with Gasteiger partial charge in [0, 0.05) is 43.6 Å². The third-order valence-corrected chi connectivity index (χ3v) is 7.90. The highest BCUT2D eigenvalue weighted by Gasteiger charge is 2.67. The minimum atomic E-state index is 0. The molecule has 2 saturated heterocycles. The van der Waals surface area contributed by atoms with Crippen molar-refractivity contribution in [2.24, 2.45) is 28.2 Å². The largest absolute Gasteiger partial charge is 0.377 e. The van der Waals surface area contributed by atoms with Crippen LogP contribution in [0.2, 0.25) is 0 Å². The molecule has 4 nitrogen and oxygen atoms in total. The van der Waals surface area contributed by atoms with Crippen LogP contribution in [0.15, 0.2) is 4.99 Å². The normalized spacial score (nSPS) is 41.4. The van der Waals surface area contributed by atoms with E-state index in [4.69, 9.17) is 9.73 Å². The number of hydrogen-bond donors (Lipinski definition) is 1. The maximum atomic E-state index is 6.09. The van der Waals surface area contributed by atoms with E-state index in [9.17, 15) is 0 Å². The van der Waals surface area contributed by atoms with Crippen LogP contribution < -0.4 is 5.32 Å². The lowest BCUT2D eigenvalue weighted by Crippen LogP contribution is -2.72. The van der Waals surface area contributed by atoms with E-state index in [0.29, 0.717) is 17.6 Å². The standard InChI is InChI=1S/C20H33N3O.HI/c1-2-21-19(23-12-14-6-3-4-7-15(14)13-23)22-17-16-8-11-24-18(16)20(17)9-5-10-20;/h14-18H,2-13H2,1H3,(H,21,22);1H. The number of fused-ring (bicyclic) bond motifs is 3. The van der Waals surface area contributed by atoms with Crippen LogP contribution in [0.25, 0.3) is 0 Å². The van der Waals surface area contributed by atoms with Gasteiger partial charge in [0.2, 0.25) is 0 Å². The van der Waals surface area contributed by atoms with Gasteiger partial charge in [0.15, 0.2) is 5.96 Å². The summed E-state index contributed by atoms with van der Waals surface area (Å²) in [5.74, 6) is 3.79. The molecule has 5 heteroatoms. The zero-order chi connectivity index (χ0) is 16.1. The predicted molar refractivity (Wildman–Crippen MR) is 111 cm³/mol. The zero-order valence-electron chi connectivity index (χ0n) is 15.6. The van der Waals surface area contributed by atoms with Gasteiger partial charge in [0.05, 0.1) is 6.10 Å². The number of ether oxygens (including phenoxy) is 1. The van der Waals surface area contributed by atoms with E-state index in [2.05, 4.69) is 17.1 Å². The first-order valence-corrected chi connectivity index (χ1v) is 10.5. The summed E-state index contributed by atoms with van der Waals surface area (Å²) in [5.41, 5.74) is 0.447.